The van der Waals surface area contributed by atoms with Crippen LogP contribution in [0.4, 0.5) is 5.69 Å². The number of benzene rings is 2. The third-order valence-electron chi connectivity index (χ3n) is 3.97. The number of hydrogen-bond donors (Lipinski definition) is 2. The number of anilines is 1. The molecule has 0 unspecified atom stereocenters. The lowest BCUT2D eigenvalue weighted by Crippen LogP contribution is -2.03. The van der Waals surface area contributed by atoms with Crippen molar-refractivity contribution in [2.45, 2.75) is 13.8 Å². The molecule has 2 aromatic carbocycles. The molecule has 0 spiro atoms. The Balaban J connectivity index is 2.28. The molecule has 27 heavy (non-hydrogen) atoms. The second-order valence-corrected chi connectivity index (χ2v) is 6.53. The molecule has 3 aromatic rings. The predicted octanol–water partition coefficient (Wildman–Crippen LogP) is 4.37. The van der Waals surface area contributed by atoms with Gasteiger partial charge in [0, 0.05) is 39.5 Å². The number of nitrogens with two attached hydrogens (primary N) is 1. The predicted molar refractivity (Wildman–Crippen MR) is 107 cm³/mol. The minimum absolute atomic E-state index is 0.154. The zero-order valence-corrected chi connectivity index (χ0v) is 15.9. The highest BCUT2D eigenvalue weighted by molar-refractivity contribution is 7.13. The second-order valence-electron chi connectivity index (χ2n) is 5.64. The van der Waals surface area contributed by atoms with Crippen molar-refractivity contribution in [2.24, 2.45) is 0 Å². The molecule has 140 valence electrons. The van der Waals surface area contributed by atoms with Crippen molar-refractivity contribution in [1.82, 2.24) is 4.98 Å². The van der Waals surface area contributed by atoms with E-state index in [1.54, 1.807) is 26.1 Å². The number of carbonyl (C=O) groups excluding carboxylic acids is 1. The summed E-state index contributed by atoms with van der Waals surface area (Å²) in [7, 11) is 0. The van der Waals surface area contributed by atoms with Crippen LogP contribution in [0.5, 0.6) is 17.2 Å². The van der Waals surface area contributed by atoms with Gasteiger partial charge >= 0.3 is 0 Å². The van der Waals surface area contributed by atoms with Gasteiger partial charge in [-0.25, -0.2) is 4.98 Å². The topological polar surface area (TPSA) is 94.7 Å². The maximum atomic E-state index is 11.8. The first-order valence-electron chi connectivity index (χ1n) is 8.51. The molecule has 0 saturated carbocycles. The molecule has 3 rings (SSSR count). The highest BCUT2D eigenvalue weighted by Crippen LogP contribution is 2.48. The number of aldehydes is 1. The van der Waals surface area contributed by atoms with Crippen LogP contribution in [0.1, 0.15) is 24.2 Å². The molecule has 6 nitrogen and oxygen atoms in total. The van der Waals surface area contributed by atoms with Crippen LogP contribution in [-0.2, 0) is 0 Å². The minimum atomic E-state index is -0.154. The fourth-order valence-corrected chi connectivity index (χ4v) is 3.47. The quantitative estimate of drug-likeness (QED) is 0.464. The third-order valence-corrected chi connectivity index (χ3v) is 4.79. The second kappa shape index (κ2) is 8.09. The number of aromatic nitrogens is 1. The summed E-state index contributed by atoms with van der Waals surface area (Å²) < 4.78 is 11.1. The monoisotopic (exact) mass is 384 g/mol. The number of ether oxygens (including phenoxy) is 2. The largest absolute Gasteiger partial charge is 0.502 e. The lowest BCUT2D eigenvalue weighted by molar-refractivity contribution is 0.112. The first kappa shape index (κ1) is 18.7. The number of aromatic hydroxyl groups is 1. The Morgan fingerprint density at radius 2 is 2.00 bits per heavy atom. The molecular formula is C20H20N2O4S. The van der Waals surface area contributed by atoms with E-state index in [9.17, 15) is 9.90 Å². The van der Waals surface area contributed by atoms with Crippen LogP contribution < -0.4 is 15.2 Å². The highest BCUT2D eigenvalue weighted by Gasteiger charge is 2.23. The Morgan fingerprint density at radius 3 is 2.63 bits per heavy atom. The number of phenolic OH excluding ortho intramolecular Hbond substituents is 1. The van der Waals surface area contributed by atoms with E-state index in [1.165, 1.54) is 17.4 Å². The van der Waals surface area contributed by atoms with E-state index in [1.807, 2.05) is 17.5 Å². The average Bonchev–Trinajstić information content (AvgIpc) is 3.20. The number of hydrogen-bond acceptors (Lipinski definition) is 7. The van der Waals surface area contributed by atoms with Crippen LogP contribution in [0.2, 0.25) is 0 Å². The molecule has 0 aliphatic heterocycles. The lowest BCUT2D eigenvalue weighted by atomic mass is 9.95. The minimum Gasteiger partial charge on any atom is -0.502 e. The van der Waals surface area contributed by atoms with Crippen molar-refractivity contribution < 1.29 is 19.4 Å². The van der Waals surface area contributed by atoms with Gasteiger partial charge in [0.2, 0.25) is 5.75 Å². The number of phenols is 1. The molecule has 3 N–H and O–H groups in total. The molecule has 0 saturated heterocycles. The molecule has 0 fully saturated rings. The third kappa shape index (κ3) is 3.59. The SMILES string of the molecule is CCOc1cc(C=O)c(-c2cc(-c3nccs3)ccc2N)c(OCC)c1O. The van der Waals surface area contributed by atoms with Crippen molar-refractivity contribution in [3.05, 3.63) is 41.4 Å². The summed E-state index contributed by atoms with van der Waals surface area (Å²) in [6.45, 7) is 4.25. The van der Waals surface area contributed by atoms with Crippen LogP contribution in [0.3, 0.4) is 0 Å². The molecule has 1 heterocycles. The van der Waals surface area contributed by atoms with E-state index in [4.69, 9.17) is 15.2 Å². The fraction of sp³-hybridized carbons (Fsp3) is 0.200. The van der Waals surface area contributed by atoms with Gasteiger partial charge < -0.3 is 20.3 Å². The Bertz CT molecular complexity index is 955. The van der Waals surface area contributed by atoms with Crippen LogP contribution in [-0.4, -0.2) is 29.6 Å². The van der Waals surface area contributed by atoms with Gasteiger partial charge in [-0.05, 0) is 38.1 Å². The molecule has 0 amide bonds. The van der Waals surface area contributed by atoms with E-state index < -0.39 is 0 Å². The summed E-state index contributed by atoms with van der Waals surface area (Å²) in [5, 5.41) is 13.4. The van der Waals surface area contributed by atoms with Gasteiger partial charge in [0.05, 0.1) is 13.2 Å². The Labute approximate surface area is 161 Å². The number of rotatable bonds is 7. The highest BCUT2D eigenvalue weighted by atomic mass is 32.1. The molecule has 0 aliphatic rings. The van der Waals surface area contributed by atoms with E-state index in [2.05, 4.69) is 4.98 Å². The van der Waals surface area contributed by atoms with Crippen LogP contribution in [0.25, 0.3) is 21.7 Å². The number of nitrogens with zero attached hydrogens (tertiary/aromatic N) is 1. The van der Waals surface area contributed by atoms with Gasteiger partial charge in [-0.1, -0.05) is 0 Å². The van der Waals surface area contributed by atoms with Crippen molar-refractivity contribution in [3.8, 4) is 38.9 Å². The number of carbonyl (C=O) groups is 1. The average molecular weight is 384 g/mol. The van der Waals surface area contributed by atoms with Crippen molar-refractivity contribution in [3.63, 3.8) is 0 Å². The first-order valence-corrected chi connectivity index (χ1v) is 9.39. The van der Waals surface area contributed by atoms with Gasteiger partial charge in [-0.15, -0.1) is 11.3 Å². The molecule has 0 aliphatic carbocycles. The summed E-state index contributed by atoms with van der Waals surface area (Å²) in [6, 6.07) is 6.97. The summed E-state index contributed by atoms with van der Waals surface area (Å²) in [5.41, 5.74) is 8.88. The maximum Gasteiger partial charge on any atom is 0.201 e. The number of thiazole rings is 1. The van der Waals surface area contributed by atoms with E-state index >= 15 is 0 Å². The molecule has 0 bridgehead atoms. The summed E-state index contributed by atoms with van der Waals surface area (Å²) in [5.74, 6) is 0.216. The summed E-state index contributed by atoms with van der Waals surface area (Å²) in [4.78, 5) is 16.1. The number of nitrogen functional groups attached to an aromatic ring is 1. The molecular weight excluding hydrogens is 364 g/mol. The summed E-state index contributed by atoms with van der Waals surface area (Å²) >= 11 is 1.50. The Morgan fingerprint density at radius 1 is 1.22 bits per heavy atom. The normalized spacial score (nSPS) is 10.6. The Hall–Kier alpha value is -3.06. The molecule has 1 aromatic heterocycles. The van der Waals surface area contributed by atoms with E-state index in [0.717, 1.165) is 10.6 Å². The van der Waals surface area contributed by atoms with Crippen molar-refractivity contribution in [2.75, 3.05) is 18.9 Å². The molecule has 0 radical (unpaired) electrons. The lowest BCUT2D eigenvalue weighted by Gasteiger charge is -2.19. The van der Waals surface area contributed by atoms with E-state index in [-0.39, 0.29) is 17.2 Å². The van der Waals surface area contributed by atoms with Gasteiger partial charge in [0.25, 0.3) is 0 Å². The van der Waals surface area contributed by atoms with E-state index in [0.29, 0.717) is 41.9 Å². The molecule has 0 atom stereocenters. The van der Waals surface area contributed by atoms with Crippen LogP contribution in [0, 0.1) is 0 Å². The van der Waals surface area contributed by atoms with Gasteiger partial charge in [-0.2, -0.15) is 0 Å². The zero-order valence-electron chi connectivity index (χ0n) is 15.1. The smallest absolute Gasteiger partial charge is 0.201 e. The van der Waals surface area contributed by atoms with Gasteiger partial charge in [0.15, 0.2) is 17.8 Å². The van der Waals surface area contributed by atoms with Gasteiger partial charge in [0.1, 0.15) is 5.01 Å². The standard InChI is InChI=1S/C20H20N2O4S/c1-3-25-16-10-13(11-23)17(19(18(16)24)26-4-2)14-9-12(5-6-15(14)21)20-22-7-8-27-20/h5-11,24H,3-4,21H2,1-2H3. The van der Waals surface area contributed by atoms with Crippen LogP contribution in [0.15, 0.2) is 35.8 Å². The first-order chi connectivity index (χ1) is 13.1. The van der Waals surface area contributed by atoms with Crippen LogP contribution >= 0.6 is 11.3 Å². The van der Waals surface area contributed by atoms with Crippen molar-refractivity contribution in [1.29, 1.82) is 0 Å². The summed E-state index contributed by atoms with van der Waals surface area (Å²) in [6.07, 6.45) is 2.43. The Kier molecular flexibility index (Phi) is 5.61. The maximum absolute atomic E-state index is 11.8. The zero-order chi connectivity index (χ0) is 19.4. The van der Waals surface area contributed by atoms with Gasteiger partial charge in [-0.3, -0.25) is 4.79 Å². The molecule has 7 heteroatoms. The fourth-order valence-electron chi connectivity index (χ4n) is 2.84. The van der Waals surface area contributed by atoms with Crippen molar-refractivity contribution >= 4 is 23.3 Å².